The highest BCUT2D eigenvalue weighted by molar-refractivity contribution is 5.79. The molecule has 0 radical (unpaired) electrons. The van der Waals surface area contributed by atoms with E-state index in [4.69, 9.17) is 9.47 Å². The Morgan fingerprint density at radius 3 is 2.25 bits per heavy atom. The van der Waals surface area contributed by atoms with Gasteiger partial charge >= 0.3 is 0 Å². The number of halogens is 1. The Bertz CT molecular complexity index is 577. The Kier molecular flexibility index (Phi) is 4.58. The fraction of sp³-hybridized carbons (Fsp3) is 0.250. The molecule has 0 bridgehead atoms. The second kappa shape index (κ2) is 6.39. The SMILES string of the molecule is CNCc1cc(F)ccc1-c1c(OC)cccc1OC. The van der Waals surface area contributed by atoms with Crippen molar-refractivity contribution in [2.45, 2.75) is 6.54 Å². The van der Waals surface area contributed by atoms with Crippen molar-refractivity contribution in [2.75, 3.05) is 21.3 Å². The van der Waals surface area contributed by atoms with Crippen LogP contribution in [0, 0.1) is 5.82 Å². The van der Waals surface area contributed by atoms with Gasteiger partial charge in [0.25, 0.3) is 0 Å². The van der Waals surface area contributed by atoms with Crippen molar-refractivity contribution in [2.24, 2.45) is 0 Å². The van der Waals surface area contributed by atoms with Crippen molar-refractivity contribution in [3.63, 3.8) is 0 Å². The first-order chi connectivity index (χ1) is 9.71. The molecule has 20 heavy (non-hydrogen) atoms. The minimum Gasteiger partial charge on any atom is -0.496 e. The van der Waals surface area contributed by atoms with Crippen molar-refractivity contribution in [3.8, 4) is 22.6 Å². The number of nitrogens with one attached hydrogen (secondary N) is 1. The summed E-state index contributed by atoms with van der Waals surface area (Å²) in [5, 5.41) is 3.05. The maximum absolute atomic E-state index is 13.5. The van der Waals surface area contributed by atoms with Gasteiger partial charge in [0.05, 0.1) is 19.8 Å². The summed E-state index contributed by atoms with van der Waals surface area (Å²) in [7, 11) is 5.05. The van der Waals surface area contributed by atoms with Gasteiger partial charge in [-0.3, -0.25) is 0 Å². The second-order valence-corrected chi connectivity index (χ2v) is 4.37. The first-order valence-corrected chi connectivity index (χ1v) is 6.35. The van der Waals surface area contributed by atoms with E-state index in [1.807, 2.05) is 25.2 Å². The fourth-order valence-corrected chi connectivity index (χ4v) is 2.26. The average Bonchev–Trinajstić information content (AvgIpc) is 2.47. The van der Waals surface area contributed by atoms with Gasteiger partial charge in [0.1, 0.15) is 17.3 Å². The van der Waals surface area contributed by atoms with E-state index in [1.54, 1.807) is 20.3 Å². The number of hydrogen-bond donors (Lipinski definition) is 1. The van der Waals surface area contributed by atoms with Gasteiger partial charge < -0.3 is 14.8 Å². The van der Waals surface area contributed by atoms with Gasteiger partial charge in [-0.05, 0) is 42.4 Å². The summed E-state index contributed by atoms with van der Waals surface area (Å²) in [5.41, 5.74) is 2.59. The van der Waals surface area contributed by atoms with Gasteiger partial charge in [-0.25, -0.2) is 4.39 Å². The molecule has 2 aromatic carbocycles. The molecule has 0 atom stereocenters. The standard InChI is InChI=1S/C16H18FNO2/c1-18-10-11-9-12(17)7-8-13(11)16-14(19-2)5-4-6-15(16)20-3/h4-9,18H,10H2,1-3H3. The predicted molar refractivity (Wildman–Crippen MR) is 77.7 cm³/mol. The Labute approximate surface area is 118 Å². The van der Waals surface area contributed by atoms with Gasteiger partial charge in [0.15, 0.2) is 0 Å². The smallest absolute Gasteiger partial charge is 0.130 e. The molecule has 2 rings (SSSR count). The second-order valence-electron chi connectivity index (χ2n) is 4.37. The van der Waals surface area contributed by atoms with Crippen LogP contribution in [0.5, 0.6) is 11.5 Å². The Morgan fingerprint density at radius 2 is 1.70 bits per heavy atom. The maximum atomic E-state index is 13.5. The lowest BCUT2D eigenvalue weighted by atomic mass is 9.97. The minimum absolute atomic E-state index is 0.257. The van der Waals surface area contributed by atoms with E-state index in [-0.39, 0.29) is 5.82 Å². The molecule has 0 heterocycles. The molecule has 0 aromatic heterocycles. The molecule has 0 fully saturated rings. The van der Waals surface area contributed by atoms with E-state index in [1.165, 1.54) is 12.1 Å². The zero-order valence-electron chi connectivity index (χ0n) is 11.9. The van der Waals surface area contributed by atoms with Crippen LogP contribution in [0.2, 0.25) is 0 Å². The van der Waals surface area contributed by atoms with Crippen molar-refractivity contribution >= 4 is 0 Å². The number of benzene rings is 2. The van der Waals surface area contributed by atoms with Gasteiger partial charge in [0, 0.05) is 6.54 Å². The molecule has 0 spiro atoms. The van der Waals surface area contributed by atoms with E-state index in [0.29, 0.717) is 18.0 Å². The van der Waals surface area contributed by atoms with Crippen molar-refractivity contribution in [1.82, 2.24) is 5.32 Å². The molecule has 0 aliphatic rings. The van der Waals surface area contributed by atoms with Gasteiger partial charge in [-0.2, -0.15) is 0 Å². The molecule has 0 saturated heterocycles. The van der Waals surface area contributed by atoms with Crippen molar-refractivity contribution in [3.05, 3.63) is 47.8 Å². The minimum atomic E-state index is -0.257. The normalized spacial score (nSPS) is 10.4. The lowest BCUT2D eigenvalue weighted by Gasteiger charge is -2.16. The van der Waals surface area contributed by atoms with Crippen LogP contribution < -0.4 is 14.8 Å². The van der Waals surface area contributed by atoms with E-state index < -0.39 is 0 Å². The summed E-state index contributed by atoms with van der Waals surface area (Å²) in [6, 6.07) is 10.3. The highest BCUT2D eigenvalue weighted by atomic mass is 19.1. The van der Waals surface area contributed by atoms with Gasteiger partial charge in [-0.15, -0.1) is 0 Å². The third-order valence-corrected chi connectivity index (χ3v) is 3.13. The fourth-order valence-electron chi connectivity index (χ4n) is 2.26. The molecule has 0 aliphatic carbocycles. The maximum Gasteiger partial charge on any atom is 0.130 e. The molecule has 0 unspecified atom stereocenters. The molecule has 4 heteroatoms. The summed E-state index contributed by atoms with van der Waals surface area (Å²) in [5.74, 6) is 1.15. The monoisotopic (exact) mass is 275 g/mol. The first kappa shape index (κ1) is 14.3. The predicted octanol–water partition coefficient (Wildman–Crippen LogP) is 3.23. The molecular weight excluding hydrogens is 257 g/mol. The lowest BCUT2D eigenvalue weighted by Crippen LogP contribution is -2.07. The third-order valence-electron chi connectivity index (χ3n) is 3.13. The summed E-state index contributed by atoms with van der Waals surface area (Å²) in [4.78, 5) is 0. The van der Waals surface area contributed by atoms with E-state index in [2.05, 4.69) is 5.32 Å². The van der Waals surface area contributed by atoms with Crippen LogP contribution in [0.1, 0.15) is 5.56 Å². The van der Waals surface area contributed by atoms with Crippen molar-refractivity contribution < 1.29 is 13.9 Å². The van der Waals surface area contributed by atoms with Crippen LogP contribution in [-0.2, 0) is 6.54 Å². The summed E-state index contributed by atoms with van der Waals surface area (Å²) in [6.07, 6.45) is 0. The molecule has 3 nitrogen and oxygen atoms in total. The molecule has 2 aromatic rings. The van der Waals surface area contributed by atoms with Crippen molar-refractivity contribution in [1.29, 1.82) is 0 Å². The third kappa shape index (κ3) is 2.75. The average molecular weight is 275 g/mol. The Morgan fingerprint density at radius 1 is 1.05 bits per heavy atom. The number of rotatable bonds is 5. The topological polar surface area (TPSA) is 30.5 Å². The molecule has 0 amide bonds. The Hall–Kier alpha value is -2.07. The van der Waals surface area contributed by atoms with Crippen LogP contribution in [0.25, 0.3) is 11.1 Å². The zero-order chi connectivity index (χ0) is 14.5. The van der Waals surface area contributed by atoms with Crippen LogP contribution >= 0.6 is 0 Å². The summed E-state index contributed by atoms with van der Waals surface area (Å²) >= 11 is 0. The van der Waals surface area contributed by atoms with E-state index in [0.717, 1.165) is 16.7 Å². The highest BCUT2D eigenvalue weighted by Gasteiger charge is 2.15. The van der Waals surface area contributed by atoms with Gasteiger partial charge in [0.2, 0.25) is 0 Å². The molecule has 106 valence electrons. The largest absolute Gasteiger partial charge is 0.496 e. The summed E-state index contributed by atoms with van der Waals surface area (Å²) < 4.78 is 24.3. The van der Waals surface area contributed by atoms with Crippen LogP contribution in [-0.4, -0.2) is 21.3 Å². The number of methoxy groups -OCH3 is 2. The molecule has 0 saturated carbocycles. The highest BCUT2D eigenvalue weighted by Crippen LogP contribution is 2.40. The lowest BCUT2D eigenvalue weighted by molar-refractivity contribution is 0.397. The summed E-state index contributed by atoms with van der Waals surface area (Å²) in [6.45, 7) is 0.564. The van der Waals surface area contributed by atoms with Gasteiger partial charge in [-0.1, -0.05) is 12.1 Å². The van der Waals surface area contributed by atoms with Crippen LogP contribution in [0.3, 0.4) is 0 Å². The number of ether oxygens (including phenoxy) is 2. The van der Waals surface area contributed by atoms with E-state index in [9.17, 15) is 4.39 Å². The number of hydrogen-bond acceptors (Lipinski definition) is 3. The van der Waals surface area contributed by atoms with Crippen LogP contribution in [0.4, 0.5) is 4.39 Å². The quantitative estimate of drug-likeness (QED) is 0.908. The first-order valence-electron chi connectivity index (χ1n) is 6.35. The van der Waals surface area contributed by atoms with Crippen LogP contribution in [0.15, 0.2) is 36.4 Å². The van der Waals surface area contributed by atoms with E-state index >= 15 is 0 Å². The Balaban J connectivity index is 2.67. The molecular formula is C16H18FNO2. The molecule has 1 N–H and O–H groups in total. The molecule has 0 aliphatic heterocycles. The zero-order valence-corrected chi connectivity index (χ0v) is 11.9.